The molecule has 1 heterocycles. The summed E-state index contributed by atoms with van der Waals surface area (Å²) >= 11 is 0. The van der Waals surface area contributed by atoms with Gasteiger partial charge >= 0.3 is 0 Å². The second kappa shape index (κ2) is 9.53. The number of anilines is 4. The first-order chi connectivity index (χ1) is 17.3. The minimum atomic E-state index is 0.0982. The highest BCUT2D eigenvalue weighted by Gasteiger charge is 2.23. The van der Waals surface area contributed by atoms with Crippen LogP contribution >= 0.6 is 0 Å². The molecule has 1 aromatic heterocycles. The predicted octanol–water partition coefficient (Wildman–Crippen LogP) is 7.71. The van der Waals surface area contributed by atoms with E-state index in [4.69, 9.17) is 4.98 Å². The molecule has 1 saturated carbocycles. The SMILES string of the molecule is O=C(Nc1cc(N(c2ccccc2)c2ccc3c(c2)CCC3)nc2ccccc12)C1CCCCC1. The summed E-state index contributed by atoms with van der Waals surface area (Å²) in [5.74, 6) is 1.05. The molecular weight excluding hydrogens is 430 g/mol. The lowest BCUT2D eigenvalue weighted by Gasteiger charge is -2.26. The molecule has 2 aliphatic rings. The summed E-state index contributed by atoms with van der Waals surface area (Å²) in [7, 11) is 0. The monoisotopic (exact) mass is 461 g/mol. The van der Waals surface area contributed by atoms with Crippen molar-refractivity contribution in [2.75, 3.05) is 10.2 Å². The standard InChI is InChI=1S/C31H31N3O/c35-31(23-10-3-1-4-11-23)33-29-21-30(32-28-17-8-7-16-27(28)29)34(25-14-5-2-6-15-25)26-19-18-22-12-9-13-24(22)20-26/h2,5-8,14-21,23H,1,3-4,9-13H2,(H,32,33,35). The van der Waals surface area contributed by atoms with Crippen LogP contribution in [0.25, 0.3) is 10.9 Å². The fourth-order valence-electron chi connectivity index (χ4n) is 5.67. The summed E-state index contributed by atoms with van der Waals surface area (Å²) in [6.45, 7) is 0. The Balaban J connectivity index is 1.46. The number of carbonyl (C=O) groups is 1. The Kier molecular flexibility index (Phi) is 5.95. The fraction of sp³-hybridized carbons (Fsp3) is 0.290. The topological polar surface area (TPSA) is 45.2 Å². The number of rotatable bonds is 5. The first-order valence-electron chi connectivity index (χ1n) is 12.9. The highest BCUT2D eigenvalue weighted by molar-refractivity contribution is 6.03. The van der Waals surface area contributed by atoms with Gasteiger partial charge in [-0.1, -0.05) is 61.7 Å². The van der Waals surface area contributed by atoms with Crippen LogP contribution < -0.4 is 10.2 Å². The summed E-state index contributed by atoms with van der Waals surface area (Å²) in [5.41, 5.74) is 6.75. The highest BCUT2D eigenvalue weighted by atomic mass is 16.1. The Hall–Kier alpha value is -3.66. The van der Waals surface area contributed by atoms with Gasteiger partial charge in [-0.15, -0.1) is 0 Å². The molecule has 1 fully saturated rings. The number of amides is 1. The molecule has 4 nitrogen and oxygen atoms in total. The zero-order valence-electron chi connectivity index (χ0n) is 20.0. The summed E-state index contributed by atoms with van der Waals surface area (Å²) in [6.07, 6.45) is 8.97. The van der Waals surface area contributed by atoms with Crippen LogP contribution in [0.15, 0.2) is 78.9 Å². The number of hydrogen-bond acceptors (Lipinski definition) is 3. The highest BCUT2D eigenvalue weighted by Crippen LogP contribution is 2.39. The van der Waals surface area contributed by atoms with Gasteiger partial charge in [0.25, 0.3) is 0 Å². The van der Waals surface area contributed by atoms with Crippen LogP contribution in [0.1, 0.15) is 49.7 Å². The minimum Gasteiger partial charge on any atom is -0.325 e. The van der Waals surface area contributed by atoms with E-state index in [0.717, 1.165) is 72.3 Å². The third-order valence-electron chi connectivity index (χ3n) is 7.52. The third-order valence-corrected chi connectivity index (χ3v) is 7.52. The number of aryl methyl sites for hydroxylation is 2. The molecule has 4 aromatic rings. The van der Waals surface area contributed by atoms with Gasteiger partial charge in [0, 0.05) is 28.7 Å². The molecule has 1 N–H and O–H groups in total. The zero-order chi connectivity index (χ0) is 23.6. The van der Waals surface area contributed by atoms with E-state index >= 15 is 0 Å². The molecule has 0 radical (unpaired) electrons. The van der Waals surface area contributed by atoms with E-state index < -0.39 is 0 Å². The van der Waals surface area contributed by atoms with E-state index in [1.54, 1.807) is 0 Å². The van der Waals surface area contributed by atoms with Gasteiger partial charge in [0.1, 0.15) is 5.82 Å². The van der Waals surface area contributed by atoms with Gasteiger partial charge in [-0.3, -0.25) is 9.69 Å². The average Bonchev–Trinajstić information content (AvgIpc) is 3.38. The van der Waals surface area contributed by atoms with Crippen molar-refractivity contribution < 1.29 is 4.79 Å². The zero-order valence-corrected chi connectivity index (χ0v) is 20.0. The second-order valence-electron chi connectivity index (χ2n) is 9.85. The van der Waals surface area contributed by atoms with Crippen molar-refractivity contribution in [2.24, 2.45) is 5.92 Å². The van der Waals surface area contributed by atoms with Gasteiger partial charge < -0.3 is 5.32 Å². The lowest BCUT2D eigenvalue weighted by molar-refractivity contribution is -0.120. The van der Waals surface area contributed by atoms with Crippen molar-refractivity contribution in [2.45, 2.75) is 51.4 Å². The summed E-state index contributed by atoms with van der Waals surface area (Å²) in [6, 6.07) is 27.3. The van der Waals surface area contributed by atoms with Crippen molar-refractivity contribution in [3.05, 3.63) is 90.0 Å². The molecule has 35 heavy (non-hydrogen) atoms. The quantitative estimate of drug-likeness (QED) is 0.331. The first kappa shape index (κ1) is 21.8. The van der Waals surface area contributed by atoms with Crippen molar-refractivity contribution in [1.82, 2.24) is 4.98 Å². The van der Waals surface area contributed by atoms with Crippen molar-refractivity contribution in [1.29, 1.82) is 0 Å². The van der Waals surface area contributed by atoms with E-state index in [-0.39, 0.29) is 11.8 Å². The summed E-state index contributed by atoms with van der Waals surface area (Å²) < 4.78 is 0. The van der Waals surface area contributed by atoms with E-state index in [0.29, 0.717) is 0 Å². The number of pyridine rings is 1. The van der Waals surface area contributed by atoms with Gasteiger partial charge in [-0.05, 0) is 73.6 Å². The predicted molar refractivity (Wildman–Crippen MR) is 144 cm³/mol. The van der Waals surface area contributed by atoms with Crippen molar-refractivity contribution in [3.8, 4) is 0 Å². The normalized spacial score (nSPS) is 15.7. The average molecular weight is 462 g/mol. The Morgan fingerprint density at radius 2 is 1.54 bits per heavy atom. The number of para-hydroxylation sites is 2. The smallest absolute Gasteiger partial charge is 0.227 e. The Morgan fingerprint density at radius 1 is 0.771 bits per heavy atom. The first-order valence-corrected chi connectivity index (χ1v) is 12.9. The summed E-state index contributed by atoms with van der Waals surface area (Å²) in [4.78, 5) is 20.5. The molecule has 4 heteroatoms. The van der Waals surface area contributed by atoms with Crippen LogP contribution in [0.3, 0.4) is 0 Å². The lowest BCUT2D eigenvalue weighted by atomic mass is 9.88. The molecule has 0 aliphatic heterocycles. The van der Waals surface area contributed by atoms with E-state index in [1.165, 1.54) is 24.0 Å². The molecule has 2 aliphatic carbocycles. The van der Waals surface area contributed by atoms with E-state index in [9.17, 15) is 4.79 Å². The van der Waals surface area contributed by atoms with Crippen LogP contribution in [0.4, 0.5) is 22.9 Å². The summed E-state index contributed by atoms with van der Waals surface area (Å²) in [5, 5.41) is 4.26. The van der Waals surface area contributed by atoms with Gasteiger partial charge in [0.05, 0.1) is 11.2 Å². The minimum absolute atomic E-state index is 0.0982. The second-order valence-corrected chi connectivity index (χ2v) is 9.85. The van der Waals surface area contributed by atoms with Crippen LogP contribution in [-0.4, -0.2) is 10.9 Å². The molecule has 176 valence electrons. The number of benzene rings is 3. The third kappa shape index (κ3) is 4.41. The fourth-order valence-corrected chi connectivity index (χ4v) is 5.67. The van der Waals surface area contributed by atoms with E-state index in [1.807, 2.05) is 36.4 Å². The molecule has 0 saturated heterocycles. The van der Waals surface area contributed by atoms with Gasteiger partial charge in [-0.2, -0.15) is 0 Å². The van der Waals surface area contributed by atoms with Gasteiger partial charge in [0.2, 0.25) is 5.91 Å². The number of nitrogens with one attached hydrogen (secondary N) is 1. The number of fused-ring (bicyclic) bond motifs is 2. The molecule has 0 bridgehead atoms. The molecule has 0 atom stereocenters. The van der Waals surface area contributed by atoms with E-state index in [2.05, 4.69) is 52.7 Å². The number of nitrogens with zero attached hydrogens (tertiary/aromatic N) is 2. The van der Waals surface area contributed by atoms with Crippen LogP contribution in [0.2, 0.25) is 0 Å². The maximum atomic E-state index is 13.2. The number of aromatic nitrogens is 1. The maximum Gasteiger partial charge on any atom is 0.227 e. The Labute approximate surface area is 207 Å². The Bertz CT molecular complexity index is 1360. The van der Waals surface area contributed by atoms with Crippen molar-refractivity contribution in [3.63, 3.8) is 0 Å². The van der Waals surface area contributed by atoms with Gasteiger partial charge in [0.15, 0.2) is 0 Å². The Morgan fingerprint density at radius 3 is 2.40 bits per heavy atom. The molecule has 3 aromatic carbocycles. The van der Waals surface area contributed by atoms with Gasteiger partial charge in [-0.25, -0.2) is 4.98 Å². The largest absolute Gasteiger partial charge is 0.325 e. The lowest BCUT2D eigenvalue weighted by Crippen LogP contribution is -2.25. The number of carbonyl (C=O) groups excluding carboxylic acids is 1. The molecule has 1 amide bonds. The van der Waals surface area contributed by atoms with Crippen LogP contribution in [-0.2, 0) is 17.6 Å². The molecule has 0 spiro atoms. The van der Waals surface area contributed by atoms with Crippen molar-refractivity contribution >= 4 is 39.7 Å². The van der Waals surface area contributed by atoms with Crippen LogP contribution in [0.5, 0.6) is 0 Å². The number of hydrogen-bond donors (Lipinski definition) is 1. The maximum absolute atomic E-state index is 13.2. The molecular formula is C31H31N3O. The molecule has 6 rings (SSSR count). The van der Waals surface area contributed by atoms with Crippen LogP contribution in [0, 0.1) is 5.92 Å². The molecule has 0 unspecified atom stereocenters.